The second kappa shape index (κ2) is 4.60. The van der Waals surface area contributed by atoms with Crippen molar-refractivity contribution in [1.29, 1.82) is 0 Å². The van der Waals surface area contributed by atoms with Crippen LogP contribution in [-0.2, 0) is 4.74 Å². The van der Waals surface area contributed by atoms with E-state index < -0.39 is 0 Å². The Bertz CT molecular complexity index is 149. The molecule has 70 valence electrons. The second-order valence-corrected chi connectivity index (χ2v) is 3.22. The highest BCUT2D eigenvalue weighted by molar-refractivity contribution is 4.93. The first kappa shape index (κ1) is 9.71. The molecular formula is C9H18N2O. The van der Waals surface area contributed by atoms with E-state index in [1.54, 1.807) is 0 Å². The number of morpholine rings is 1. The number of likely N-dealkylation sites (N-methyl/N-ethyl adjacent to an activating group) is 2. The van der Waals surface area contributed by atoms with E-state index in [0.717, 1.165) is 19.7 Å². The van der Waals surface area contributed by atoms with E-state index in [9.17, 15) is 0 Å². The average molecular weight is 170 g/mol. The first-order valence-corrected chi connectivity index (χ1v) is 4.38. The first-order valence-electron chi connectivity index (χ1n) is 4.38. The van der Waals surface area contributed by atoms with Gasteiger partial charge in [-0.25, -0.2) is 0 Å². The largest absolute Gasteiger partial charge is 0.374 e. The fourth-order valence-corrected chi connectivity index (χ4v) is 1.48. The topological polar surface area (TPSA) is 24.5 Å². The number of hydrogen-bond donors (Lipinski definition) is 1. The maximum absolute atomic E-state index is 5.62. The van der Waals surface area contributed by atoms with Gasteiger partial charge in [0.2, 0.25) is 0 Å². The van der Waals surface area contributed by atoms with Crippen LogP contribution in [0.3, 0.4) is 0 Å². The first-order chi connectivity index (χ1) is 5.77. The van der Waals surface area contributed by atoms with Crippen LogP contribution in [0.2, 0.25) is 0 Å². The van der Waals surface area contributed by atoms with Gasteiger partial charge in [0.05, 0.1) is 18.8 Å². The highest BCUT2D eigenvalue weighted by atomic mass is 16.5. The monoisotopic (exact) mass is 170 g/mol. The number of nitrogens with zero attached hydrogens (tertiary/aromatic N) is 1. The number of hydrogen-bond acceptors (Lipinski definition) is 3. The Labute approximate surface area is 74.4 Å². The molecule has 1 saturated heterocycles. The highest BCUT2D eigenvalue weighted by Gasteiger charge is 2.23. The zero-order valence-corrected chi connectivity index (χ0v) is 7.92. The molecule has 3 nitrogen and oxygen atoms in total. The van der Waals surface area contributed by atoms with E-state index in [-0.39, 0.29) is 12.1 Å². The van der Waals surface area contributed by atoms with Crippen LogP contribution in [0.5, 0.6) is 0 Å². The fraction of sp³-hybridized carbons (Fsp3) is 0.778. The Balaban J connectivity index is 2.43. The molecule has 0 aromatic carbocycles. The van der Waals surface area contributed by atoms with Crippen molar-refractivity contribution in [2.75, 3.05) is 33.8 Å². The smallest absolute Gasteiger partial charge is 0.0890 e. The molecule has 0 aromatic heterocycles. The molecule has 1 aliphatic heterocycles. The average Bonchev–Trinajstić information content (AvgIpc) is 2.07. The van der Waals surface area contributed by atoms with Gasteiger partial charge in [-0.05, 0) is 14.1 Å². The Morgan fingerprint density at radius 1 is 1.75 bits per heavy atom. The predicted molar refractivity (Wildman–Crippen MR) is 50.3 cm³/mol. The van der Waals surface area contributed by atoms with Crippen LogP contribution in [-0.4, -0.2) is 50.8 Å². The van der Waals surface area contributed by atoms with Crippen molar-refractivity contribution < 1.29 is 4.74 Å². The molecule has 1 aliphatic rings. The molecule has 0 aliphatic carbocycles. The van der Waals surface area contributed by atoms with Gasteiger partial charge >= 0.3 is 0 Å². The minimum atomic E-state index is 0.256. The summed E-state index contributed by atoms with van der Waals surface area (Å²) in [5.41, 5.74) is 0. The van der Waals surface area contributed by atoms with Gasteiger partial charge in [-0.3, -0.25) is 0 Å². The molecule has 3 heteroatoms. The van der Waals surface area contributed by atoms with Gasteiger partial charge in [0.25, 0.3) is 0 Å². The lowest BCUT2D eigenvalue weighted by atomic mass is 10.1. The molecule has 12 heavy (non-hydrogen) atoms. The van der Waals surface area contributed by atoms with Crippen molar-refractivity contribution in [2.24, 2.45) is 0 Å². The fourth-order valence-electron chi connectivity index (χ4n) is 1.48. The lowest BCUT2D eigenvalue weighted by molar-refractivity contribution is -0.0293. The van der Waals surface area contributed by atoms with E-state index in [1.807, 2.05) is 13.1 Å². The van der Waals surface area contributed by atoms with Crippen molar-refractivity contribution in [2.45, 2.75) is 12.1 Å². The SMILES string of the molecule is C=CC(NC)C1CN(C)CCO1. The standard InChI is InChI=1S/C9H18N2O/c1-4-8(10-2)9-7-11(3)5-6-12-9/h4,8-10H,1,5-7H2,2-3H3. The molecule has 0 saturated carbocycles. The molecule has 1 fully saturated rings. The number of ether oxygens (including phenoxy) is 1. The predicted octanol–water partition coefficient (Wildman–Crippen LogP) is 0.0910. The third-order valence-electron chi connectivity index (χ3n) is 2.28. The molecule has 0 radical (unpaired) electrons. The van der Waals surface area contributed by atoms with Crippen molar-refractivity contribution >= 4 is 0 Å². The van der Waals surface area contributed by atoms with E-state index in [4.69, 9.17) is 4.74 Å². The van der Waals surface area contributed by atoms with Crippen LogP contribution in [0.15, 0.2) is 12.7 Å². The molecule has 2 unspecified atom stereocenters. The van der Waals surface area contributed by atoms with Crippen LogP contribution < -0.4 is 5.32 Å². The van der Waals surface area contributed by atoms with Gasteiger partial charge < -0.3 is 15.0 Å². The molecule has 0 spiro atoms. The van der Waals surface area contributed by atoms with Crippen LogP contribution >= 0.6 is 0 Å². The summed E-state index contributed by atoms with van der Waals surface area (Å²) in [6.45, 7) is 6.61. The van der Waals surface area contributed by atoms with Crippen molar-refractivity contribution in [3.8, 4) is 0 Å². The number of rotatable bonds is 3. The second-order valence-electron chi connectivity index (χ2n) is 3.22. The molecular weight excluding hydrogens is 152 g/mol. The van der Waals surface area contributed by atoms with Crippen LogP contribution in [0.25, 0.3) is 0 Å². The summed E-state index contributed by atoms with van der Waals surface area (Å²) in [7, 11) is 4.05. The van der Waals surface area contributed by atoms with Crippen molar-refractivity contribution in [1.82, 2.24) is 10.2 Å². The minimum Gasteiger partial charge on any atom is -0.374 e. The highest BCUT2D eigenvalue weighted by Crippen LogP contribution is 2.07. The lowest BCUT2D eigenvalue weighted by Crippen LogP contribution is -2.49. The summed E-state index contributed by atoms with van der Waals surface area (Å²) >= 11 is 0. The summed E-state index contributed by atoms with van der Waals surface area (Å²) in [6.07, 6.45) is 2.16. The summed E-state index contributed by atoms with van der Waals surface area (Å²) in [5, 5.41) is 3.17. The Morgan fingerprint density at radius 3 is 3.00 bits per heavy atom. The third-order valence-corrected chi connectivity index (χ3v) is 2.28. The van der Waals surface area contributed by atoms with E-state index in [2.05, 4.69) is 23.8 Å². The van der Waals surface area contributed by atoms with Crippen LogP contribution in [0.1, 0.15) is 0 Å². The maximum Gasteiger partial charge on any atom is 0.0890 e. The minimum absolute atomic E-state index is 0.256. The zero-order valence-electron chi connectivity index (χ0n) is 7.92. The molecule has 1 heterocycles. The van der Waals surface area contributed by atoms with Crippen LogP contribution in [0.4, 0.5) is 0 Å². The Hall–Kier alpha value is -0.380. The maximum atomic E-state index is 5.62. The Morgan fingerprint density at radius 2 is 2.50 bits per heavy atom. The Kier molecular flexibility index (Phi) is 3.72. The van der Waals surface area contributed by atoms with E-state index in [0.29, 0.717) is 0 Å². The van der Waals surface area contributed by atoms with Crippen molar-refractivity contribution in [3.05, 3.63) is 12.7 Å². The van der Waals surface area contributed by atoms with Gasteiger partial charge in [0.1, 0.15) is 0 Å². The third kappa shape index (κ3) is 2.30. The van der Waals surface area contributed by atoms with E-state index in [1.165, 1.54) is 0 Å². The zero-order chi connectivity index (χ0) is 8.97. The van der Waals surface area contributed by atoms with Gasteiger partial charge in [0.15, 0.2) is 0 Å². The van der Waals surface area contributed by atoms with Gasteiger partial charge in [-0.1, -0.05) is 6.08 Å². The van der Waals surface area contributed by atoms with Gasteiger partial charge in [0, 0.05) is 13.1 Å². The molecule has 0 amide bonds. The molecule has 1 rings (SSSR count). The molecule has 0 bridgehead atoms. The van der Waals surface area contributed by atoms with Crippen LogP contribution in [0, 0.1) is 0 Å². The van der Waals surface area contributed by atoms with Gasteiger partial charge in [-0.2, -0.15) is 0 Å². The summed E-state index contributed by atoms with van der Waals surface area (Å²) < 4.78 is 5.62. The molecule has 2 atom stereocenters. The lowest BCUT2D eigenvalue weighted by Gasteiger charge is -2.33. The summed E-state index contributed by atoms with van der Waals surface area (Å²) in [5.74, 6) is 0. The van der Waals surface area contributed by atoms with E-state index >= 15 is 0 Å². The molecule has 1 N–H and O–H groups in total. The number of nitrogens with one attached hydrogen (secondary N) is 1. The summed E-state index contributed by atoms with van der Waals surface area (Å²) in [4.78, 5) is 2.28. The van der Waals surface area contributed by atoms with Crippen molar-refractivity contribution in [3.63, 3.8) is 0 Å². The van der Waals surface area contributed by atoms with Gasteiger partial charge in [-0.15, -0.1) is 6.58 Å². The summed E-state index contributed by atoms with van der Waals surface area (Å²) in [6, 6.07) is 0.271. The molecule has 0 aromatic rings. The normalized spacial score (nSPS) is 28.3. The quantitative estimate of drug-likeness (QED) is 0.608.